The van der Waals surface area contributed by atoms with Crippen molar-refractivity contribution in [3.8, 4) is 12.3 Å². The summed E-state index contributed by atoms with van der Waals surface area (Å²) in [5.41, 5.74) is 0.776. The number of terminal acetylenes is 1. The molecule has 0 saturated carbocycles. The third-order valence-corrected chi connectivity index (χ3v) is 4.08. The Bertz CT molecular complexity index is 644. The standard InChI is InChI=1S/C12H12N2O3S/c1-3-8(4-2)13-9-5-6-11-10(7-9)12(15)14-18(11,16)17/h1,5-8,13H,4H2,2H3,(H,14,15). The predicted molar refractivity (Wildman–Crippen MR) is 67.6 cm³/mol. The van der Waals surface area contributed by atoms with Crippen molar-refractivity contribution in [3.63, 3.8) is 0 Å². The van der Waals surface area contributed by atoms with Crippen LogP contribution in [0.25, 0.3) is 0 Å². The van der Waals surface area contributed by atoms with Crippen molar-refractivity contribution in [2.45, 2.75) is 24.3 Å². The lowest BCUT2D eigenvalue weighted by Gasteiger charge is -2.12. The van der Waals surface area contributed by atoms with Gasteiger partial charge < -0.3 is 5.32 Å². The number of nitrogens with one attached hydrogen (secondary N) is 2. The number of hydrogen-bond acceptors (Lipinski definition) is 4. The molecule has 0 spiro atoms. The van der Waals surface area contributed by atoms with Crippen molar-refractivity contribution in [1.82, 2.24) is 4.72 Å². The molecule has 1 aromatic carbocycles. The number of benzene rings is 1. The van der Waals surface area contributed by atoms with Gasteiger partial charge in [0.05, 0.1) is 11.6 Å². The summed E-state index contributed by atoms with van der Waals surface area (Å²) in [6.45, 7) is 1.93. The summed E-state index contributed by atoms with van der Waals surface area (Å²) in [7, 11) is -3.68. The van der Waals surface area contributed by atoms with E-state index in [1.165, 1.54) is 12.1 Å². The van der Waals surface area contributed by atoms with Gasteiger partial charge in [-0.1, -0.05) is 12.8 Å². The van der Waals surface area contributed by atoms with Crippen LogP contribution in [0.3, 0.4) is 0 Å². The normalized spacial score (nSPS) is 17.4. The minimum absolute atomic E-state index is 0.00630. The number of carbonyl (C=O) groups excluding carboxylic acids is 1. The first kappa shape index (κ1) is 12.5. The highest BCUT2D eigenvalue weighted by Gasteiger charge is 2.32. The molecule has 2 N–H and O–H groups in total. The molecule has 1 unspecified atom stereocenters. The minimum Gasteiger partial charge on any atom is -0.372 e. The molecular weight excluding hydrogens is 252 g/mol. The van der Waals surface area contributed by atoms with Crippen LogP contribution in [-0.2, 0) is 10.0 Å². The fourth-order valence-corrected chi connectivity index (χ4v) is 2.88. The number of amides is 1. The van der Waals surface area contributed by atoms with Crippen LogP contribution in [0.2, 0.25) is 0 Å². The maximum Gasteiger partial charge on any atom is 0.266 e. The summed E-state index contributed by atoms with van der Waals surface area (Å²) in [5, 5.41) is 3.05. The number of carbonyl (C=O) groups is 1. The van der Waals surface area contributed by atoms with E-state index in [9.17, 15) is 13.2 Å². The monoisotopic (exact) mass is 264 g/mol. The van der Waals surface area contributed by atoms with Gasteiger partial charge >= 0.3 is 0 Å². The number of sulfonamides is 1. The smallest absolute Gasteiger partial charge is 0.266 e. The molecule has 6 heteroatoms. The topological polar surface area (TPSA) is 75.3 Å². The fraction of sp³-hybridized carbons (Fsp3) is 0.250. The van der Waals surface area contributed by atoms with Crippen molar-refractivity contribution in [1.29, 1.82) is 0 Å². The molecule has 5 nitrogen and oxygen atoms in total. The predicted octanol–water partition coefficient (Wildman–Crippen LogP) is 0.942. The van der Waals surface area contributed by atoms with E-state index in [-0.39, 0.29) is 16.5 Å². The maximum atomic E-state index is 11.5. The highest BCUT2D eigenvalue weighted by Crippen LogP contribution is 2.25. The number of anilines is 1. The number of rotatable bonds is 3. The molecule has 0 aliphatic carbocycles. The SMILES string of the molecule is C#CC(CC)Nc1ccc2c(c1)C(=O)NS2(=O)=O. The van der Waals surface area contributed by atoms with Gasteiger partial charge in [0.1, 0.15) is 4.90 Å². The third-order valence-electron chi connectivity index (χ3n) is 2.69. The second-order valence-corrected chi connectivity index (χ2v) is 5.57. The molecule has 0 aromatic heterocycles. The Morgan fingerprint density at radius 1 is 1.50 bits per heavy atom. The van der Waals surface area contributed by atoms with E-state index in [1.54, 1.807) is 6.07 Å². The minimum atomic E-state index is -3.68. The van der Waals surface area contributed by atoms with Gasteiger partial charge in [-0.15, -0.1) is 6.42 Å². The number of fused-ring (bicyclic) bond motifs is 1. The second-order valence-electron chi connectivity index (χ2n) is 3.92. The van der Waals surface area contributed by atoms with Crippen LogP contribution in [0.5, 0.6) is 0 Å². The average molecular weight is 264 g/mol. The van der Waals surface area contributed by atoms with Crippen molar-refractivity contribution in [3.05, 3.63) is 23.8 Å². The van der Waals surface area contributed by atoms with Crippen LogP contribution < -0.4 is 10.0 Å². The van der Waals surface area contributed by atoms with Crippen LogP contribution >= 0.6 is 0 Å². The van der Waals surface area contributed by atoms with Crippen LogP contribution in [-0.4, -0.2) is 20.4 Å². The molecule has 94 valence electrons. The van der Waals surface area contributed by atoms with Crippen LogP contribution in [0.15, 0.2) is 23.1 Å². The summed E-state index contributed by atoms with van der Waals surface area (Å²) >= 11 is 0. The van der Waals surface area contributed by atoms with Crippen molar-refractivity contribution in [2.24, 2.45) is 0 Å². The Hall–Kier alpha value is -2.00. The van der Waals surface area contributed by atoms with Gasteiger partial charge in [-0.25, -0.2) is 13.1 Å². The first-order valence-corrected chi connectivity index (χ1v) is 6.90. The quantitative estimate of drug-likeness (QED) is 0.797. The van der Waals surface area contributed by atoms with Gasteiger partial charge in [0, 0.05) is 5.69 Å². The summed E-state index contributed by atoms with van der Waals surface area (Å²) in [6, 6.07) is 4.34. The van der Waals surface area contributed by atoms with E-state index in [4.69, 9.17) is 6.42 Å². The lowest BCUT2D eigenvalue weighted by Crippen LogP contribution is -2.20. The van der Waals surface area contributed by atoms with Crippen LogP contribution in [0.4, 0.5) is 5.69 Å². The zero-order chi connectivity index (χ0) is 13.3. The maximum absolute atomic E-state index is 11.5. The van der Waals surface area contributed by atoms with E-state index < -0.39 is 15.9 Å². The Kier molecular flexibility index (Phi) is 3.01. The molecule has 0 radical (unpaired) electrons. The van der Waals surface area contributed by atoms with E-state index in [0.717, 1.165) is 6.42 Å². The Labute approximate surface area is 106 Å². The van der Waals surface area contributed by atoms with Gasteiger partial charge in [0.15, 0.2) is 0 Å². The van der Waals surface area contributed by atoms with Crippen LogP contribution in [0, 0.1) is 12.3 Å². The second kappa shape index (κ2) is 4.35. The molecule has 1 amide bonds. The lowest BCUT2D eigenvalue weighted by atomic mass is 10.1. The highest BCUT2D eigenvalue weighted by atomic mass is 32.2. The molecule has 0 saturated heterocycles. The Morgan fingerprint density at radius 3 is 2.83 bits per heavy atom. The Balaban J connectivity index is 2.38. The zero-order valence-corrected chi connectivity index (χ0v) is 10.5. The van der Waals surface area contributed by atoms with Gasteiger partial charge in [-0.2, -0.15) is 0 Å². The van der Waals surface area contributed by atoms with Crippen LogP contribution in [0.1, 0.15) is 23.7 Å². The van der Waals surface area contributed by atoms with Crippen molar-refractivity contribution < 1.29 is 13.2 Å². The highest BCUT2D eigenvalue weighted by molar-refractivity contribution is 7.90. The molecule has 18 heavy (non-hydrogen) atoms. The first-order valence-electron chi connectivity index (χ1n) is 5.42. The third kappa shape index (κ3) is 2.05. The van der Waals surface area contributed by atoms with E-state index >= 15 is 0 Å². The summed E-state index contributed by atoms with van der Waals surface area (Å²) < 4.78 is 25.0. The fourth-order valence-electron chi connectivity index (χ4n) is 1.73. The van der Waals surface area contributed by atoms with Gasteiger partial charge in [0.25, 0.3) is 15.9 Å². The number of hydrogen-bond donors (Lipinski definition) is 2. The molecule has 1 heterocycles. The molecule has 1 atom stereocenters. The van der Waals surface area contributed by atoms with Gasteiger partial charge in [-0.3, -0.25) is 4.79 Å². The molecule has 0 fully saturated rings. The van der Waals surface area contributed by atoms with Crippen molar-refractivity contribution >= 4 is 21.6 Å². The largest absolute Gasteiger partial charge is 0.372 e. The summed E-state index contributed by atoms with van der Waals surface area (Å²) in [4.78, 5) is 11.5. The molecule has 1 aliphatic heterocycles. The average Bonchev–Trinajstić information content (AvgIpc) is 2.56. The lowest BCUT2D eigenvalue weighted by molar-refractivity contribution is 0.0985. The van der Waals surface area contributed by atoms with E-state index in [0.29, 0.717) is 5.69 Å². The molecule has 1 aromatic rings. The molecule has 2 rings (SSSR count). The first-order chi connectivity index (χ1) is 8.47. The van der Waals surface area contributed by atoms with E-state index in [2.05, 4.69) is 11.2 Å². The summed E-state index contributed by atoms with van der Waals surface area (Å²) in [6.07, 6.45) is 6.06. The zero-order valence-electron chi connectivity index (χ0n) is 9.73. The van der Waals surface area contributed by atoms with Gasteiger partial charge in [-0.05, 0) is 24.6 Å². The molecule has 0 bridgehead atoms. The van der Waals surface area contributed by atoms with Crippen molar-refractivity contribution in [2.75, 3.05) is 5.32 Å². The Morgan fingerprint density at radius 2 is 2.22 bits per heavy atom. The van der Waals surface area contributed by atoms with Gasteiger partial charge in [0.2, 0.25) is 0 Å². The molecule has 1 aliphatic rings. The summed E-state index contributed by atoms with van der Waals surface area (Å²) in [5.74, 6) is 1.96. The van der Waals surface area contributed by atoms with E-state index in [1.807, 2.05) is 11.6 Å². The molecular formula is C12H12N2O3S.